The fraction of sp³-hybridized carbons (Fsp3) is 0.119. The number of carboxylic acids is 2. The molecule has 6 heterocycles. The minimum absolute atomic E-state index is 0. The van der Waals surface area contributed by atoms with Crippen LogP contribution in [0.4, 0.5) is 29.2 Å². The molecule has 0 spiro atoms. The first-order valence-electron chi connectivity index (χ1n) is 25.2. The number of carbonyl (C=O) groups is 2. The Balaban J connectivity index is 0.000000202. The van der Waals surface area contributed by atoms with Gasteiger partial charge in [-0.25, -0.2) is 57.6 Å². The Hall–Kier alpha value is -10.9. The number of anilines is 2. The second kappa shape index (κ2) is 25.6. The summed E-state index contributed by atoms with van der Waals surface area (Å²) >= 11 is 6.41. The predicted octanol–water partition coefficient (Wildman–Crippen LogP) is 10.2. The predicted molar refractivity (Wildman–Crippen MR) is 320 cm³/mol. The maximum absolute atomic E-state index is 15.2. The SMILES string of the molecule is C.COc1ccc(-c2nn([C@@H](C)c3nc4cccc(Cl)c4c(=O)n3-c3ccccc3)c3ncnc(N)c23)c(F)c1F.COc1ccc(-c2nn([C@@H](C)c3nc4ccccc4c(=O)n3-c3ccccc3)c3ncnc(N)c23)c(F)c1F.Cl.O=C(O)C(=O)O. The van der Waals surface area contributed by atoms with Crippen molar-refractivity contribution in [2.45, 2.75) is 33.4 Å². The van der Waals surface area contributed by atoms with E-state index in [9.17, 15) is 18.4 Å². The molecule has 22 nitrogen and oxygen atoms in total. The summed E-state index contributed by atoms with van der Waals surface area (Å²) in [6, 6.07) is 34.0. The number of rotatable bonds is 10. The molecule has 6 aromatic heterocycles. The van der Waals surface area contributed by atoms with E-state index in [0.29, 0.717) is 39.4 Å². The number of nitrogen functional groups attached to an aromatic ring is 2. The summed E-state index contributed by atoms with van der Waals surface area (Å²) in [7, 11) is 2.49. The second-order valence-electron chi connectivity index (χ2n) is 18.4. The smallest absolute Gasteiger partial charge is 0.414 e. The van der Waals surface area contributed by atoms with Gasteiger partial charge in [0.15, 0.2) is 34.4 Å². The molecule has 87 heavy (non-hydrogen) atoms. The molecule has 0 amide bonds. The Bertz CT molecular complexity index is 4740. The van der Waals surface area contributed by atoms with Gasteiger partial charge in [-0.3, -0.25) is 18.7 Å². The molecule has 12 aromatic rings. The van der Waals surface area contributed by atoms with Crippen molar-refractivity contribution in [2.75, 3.05) is 25.7 Å². The Morgan fingerprint density at radius 1 is 0.540 bits per heavy atom. The number of aromatic nitrogens is 12. The first kappa shape index (κ1) is 62.2. The van der Waals surface area contributed by atoms with Crippen LogP contribution in [0.25, 0.3) is 77.8 Å². The van der Waals surface area contributed by atoms with E-state index in [1.807, 2.05) is 24.3 Å². The number of halogens is 6. The fourth-order valence-electron chi connectivity index (χ4n) is 9.44. The largest absolute Gasteiger partial charge is 0.494 e. The Morgan fingerprint density at radius 2 is 0.954 bits per heavy atom. The van der Waals surface area contributed by atoms with Crippen LogP contribution in [0.3, 0.4) is 0 Å². The molecule has 0 aliphatic carbocycles. The number of nitrogens with zero attached hydrogens (tertiary/aromatic N) is 12. The third-order valence-electron chi connectivity index (χ3n) is 13.4. The molecule has 0 fully saturated rings. The average molecular weight is 1230 g/mol. The van der Waals surface area contributed by atoms with Crippen molar-refractivity contribution in [3.63, 3.8) is 0 Å². The van der Waals surface area contributed by atoms with E-state index in [4.69, 9.17) is 62.3 Å². The van der Waals surface area contributed by atoms with Crippen molar-refractivity contribution in [3.05, 3.63) is 201 Å². The minimum Gasteiger partial charge on any atom is -0.494 e. The quantitative estimate of drug-likeness (QED) is 0.0731. The summed E-state index contributed by atoms with van der Waals surface area (Å²) in [5.41, 5.74) is 14.1. The van der Waals surface area contributed by atoms with E-state index < -0.39 is 47.3 Å². The first-order valence-corrected chi connectivity index (χ1v) is 25.6. The first-order chi connectivity index (χ1) is 40.9. The van der Waals surface area contributed by atoms with Crippen LogP contribution in [-0.4, -0.2) is 95.0 Å². The van der Waals surface area contributed by atoms with Gasteiger partial charge >= 0.3 is 11.9 Å². The van der Waals surface area contributed by atoms with Gasteiger partial charge in [0.1, 0.15) is 59.4 Å². The molecular formula is C59H48Cl2F4N14O8. The molecular weight excluding hydrogens is 1180 g/mol. The lowest BCUT2D eigenvalue weighted by molar-refractivity contribution is -0.159. The molecule has 444 valence electrons. The molecule has 0 aliphatic heterocycles. The molecule has 0 saturated heterocycles. The number of aliphatic carboxylic acids is 2. The van der Waals surface area contributed by atoms with Gasteiger partial charge in [-0.1, -0.05) is 73.6 Å². The van der Waals surface area contributed by atoms with E-state index in [-0.39, 0.29) is 109 Å². The van der Waals surface area contributed by atoms with Crippen LogP contribution in [0.1, 0.15) is 45.0 Å². The van der Waals surface area contributed by atoms with Crippen LogP contribution in [0.15, 0.2) is 150 Å². The van der Waals surface area contributed by atoms with Gasteiger partial charge in [0.05, 0.1) is 63.2 Å². The fourth-order valence-corrected chi connectivity index (χ4v) is 9.69. The van der Waals surface area contributed by atoms with Crippen molar-refractivity contribution < 1.29 is 46.8 Å². The zero-order valence-electron chi connectivity index (χ0n) is 45.1. The Morgan fingerprint density at radius 3 is 1.40 bits per heavy atom. The van der Waals surface area contributed by atoms with Crippen LogP contribution in [0, 0.1) is 23.3 Å². The molecule has 0 aliphatic rings. The van der Waals surface area contributed by atoms with Crippen molar-refractivity contribution in [2.24, 2.45) is 0 Å². The summed E-state index contributed by atoms with van der Waals surface area (Å²) in [6.07, 6.45) is 2.50. The maximum Gasteiger partial charge on any atom is 0.414 e. The molecule has 6 N–H and O–H groups in total. The lowest BCUT2D eigenvalue weighted by Gasteiger charge is -2.19. The third-order valence-corrected chi connectivity index (χ3v) is 13.8. The zero-order chi connectivity index (χ0) is 60.5. The number of ether oxygens (including phenoxy) is 2. The lowest BCUT2D eigenvalue weighted by Crippen LogP contribution is -2.27. The van der Waals surface area contributed by atoms with E-state index in [0.717, 1.165) is 0 Å². The highest BCUT2D eigenvalue weighted by molar-refractivity contribution is 6.35. The van der Waals surface area contributed by atoms with E-state index in [1.54, 1.807) is 92.7 Å². The number of fused-ring (bicyclic) bond motifs is 4. The van der Waals surface area contributed by atoms with Crippen LogP contribution in [-0.2, 0) is 9.59 Å². The molecule has 0 unspecified atom stereocenters. The van der Waals surface area contributed by atoms with Crippen LogP contribution >= 0.6 is 24.0 Å². The van der Waals surface area contributed by atoms with Crippen LogP contribution in [0.2, 0.25) is 5.02 Å². The van der Waals surface area contributed by atoms with Gasteiger partial charge in [0.2, 0.25) is 11.6 Å². The molecule has 0 saturated carbocycles. The molecule has 12 rings (SSSR count). The van der Waals surface area contributed by atoms with Gasteiger partial charge in [0, 0.05) is 11.1 Å². The number of nitrogens with two attached hydrogens (primary N) is 2. The molecule has 2 atom stereocenters. The summed E-state index contributed by atoms with van der Waals surface area (Å²) in [5.74, 6) is -8.07. The standard InChI is InChI=1S/C28H20ClF2N7O2.C28H21F2N7O2.C2H2O4.CH4.ClH/c1-14(26-35-18-10-6-9-17(29)20(18)28(39)37(26)15-7-4-3-5-8-15)38-27-21(25(32)33-13-34-27)24(36-38)16-11-12-19(40-2)23(31)22(16)30;1-15(26-34-19-11-7-6-10-17(19)28(38)36(26)16-8-4-3-5-9-16)37-27-21(25(31)32-14-33-27)24(35-37)18-12-13-20(39-2)23(30)22(18)29;3-1(4)2(5)6;;/h3-14H,1-2H3,(H2,32,33,34);3-15H,1-2H3,(H2,31,32,33);(H,3,4)(H,5,6);1H4;1H/t14-;15-;;;/m00.../s1. The van der Waals surface area contributed by atoms with Crippen LogP contribution in [0.5, 0.6) is 11.5 Å². The molecule has 0 radical (unpaired) electrons. The maximum atomic E-state index is 15.2. The normalized spacial score (nSPS) is 11.6. The number of carboxylic acid groups (broad SMARTS) is 2. The van der Waals surface area contributed by atoms with Crippen molar-refractivity contribution in [1.82, 2.24) is 58.6 Å². The third kappa shape index (κ3) is 11.4. The Kier molecular flexibility index (Phi) is 18.3. The summed E-state index contributed by atoms with van der Waals surface area (Å²) in [6.45, 7) is 3.55. The van der Waals surface area contributed by atoms with Crippen molar-refractivity contribution in [1.29, 1.82) is 0 Å². The number of benzene rings is 6. The molecule has 6 aromatic carbocycles. The number of para-hydroxylation sites is 3. The van der Waals surface area contributed by atoms with Gasteiger partial charge < -0.3 is 31.2 Å². The van der Waals surface area contributed by atoms with Gasteiger partial charge in [-0.2, -0.15) is 19.0 Å². The summed E-state index contributed by atoms with van der Waals surface area (Å²) in [5, 5.41) is 25.5. The summed E-state index contributed by atoms with van der Waals surface area (Å²) < 4.78 is 75.5. The highest BCUT2D eigenvalue weighted by Crippen LogP contribution is 2.39. The minimum atomic E-state index is -1.82. The highest BCUT2D eigenvalue weighted by Gasteiger charge is 2.30. The van der Waals surface area contributed by atoms with Gasteiger partial charge in [-0.15, -0.1) is 12.4 Å². The average Bonchev–Trinajstić information content (AvgIpc) is 1.78. The van der Waals surface area contributed by atoms with E-state index in [2.05, 4.69) is 30.1 Å². The number of hydrogen-bond acceptors (Lipinski definition) is 16. The monoisotopic (exact) mass is 1230 g/mol. The van der Waals surface area contributed by atoms with E-state index >= 15 is 8.78 Å². The van der Waals surface area contributed by atoms with E-state index in [1.165, 1.54) is 69.6 Å². The Labute approximate surface area is 500 Å². The van der Waals surface area contributed by atoms with Gasteiger partial charge in [-0.05, 0) is 86.6 Å². The summed E-state index contributed by atoms with van der Waals surface area (Å²) in [4.78, 5) is 72.2. The molecule has 0 bridgehead atoms. The van der Waals surface area contributed by atoms with Crippen LogP contribution < -0.4 is 32.1 Å². The number of methoxy groups -OCH3 is 2. The van der Waals surface area contributed by atoms with Crippen molar-refractivity contribution >= 4 is 91.5 Å². The lowest BCUT2D eigenvalue weighted by atomic mass is 10.1. The molecule has 28 heteroatoms. The zero-order valence-corrected chi connectivity index (χ0v) is 46.7. The van der Waals surface area contributed by atoms with Crippen molar-refractivity contribution in [3.8, 4) is 45.4 Å². The second-order valence-corrected chi connectivity index (χ2v) is 18.8. The van der Waals surface area contributed by atoms with Gasteiger partial charge in [0.25, 0.3) is 11.1 Å². The number of hydrogen-bond donors (Lipinski definition) is 4. The highest BCUT2D eigenvalue weighted by atomic mass is 35.5. The topological polar surface area (TPSA) is 302 Å².